The number of carbonyl (C=O) groups excluding carboxylic acids is 1. The minimum Gasteiger partial charge on any atom is -0.478 e. The third-order valence-electron chi connectivity index (χ3n) is 6.91. The molecular formula is C29H30BrClFN3O3. The summed E-state index contributed by atoms with van der Waals surface area (Å²) in [6, 6.07) is 16.6. The second kappa shape index (κ2) is 10.8. The zero-order valence-electron chi connectivity index (χ0n) is 21.3. The number of aromatic carboxylic acids is 1. The van der Waals surface area contributed by atoms with Crippen molar-refractivity contribution >= 4 is 45.1 Å². The molecule has 3 aromatic rings. The van der Waals surface area contributed by atoms with Crippen molar-refractivity contribution in [3.05, 3.63) is 98.7 Å². The third kappa shape index (κ3) is 5.78. The predicted octanol–water partition coefficient (Wildman–Crippen LogP) is 6.29. The van der Waals surface area contributed by atoms with Crippen LogP contribution in [0.2, 0.25) is 5.02 Å². The van der Waals surface area contributed by atoms with Crippen LogP contribution in [0.4, 0.5) is 10.1 Å². The van der Waals surface area contributed by atoms with Crippen molar-refractivity contribution in [3.63, 3.8) is 0 Å². The van der Waals surface area contributed by atoms with Gasteiger partial charge in [-0.2, -0.15) is 0 Å². The van der Waals surface area contributed by atoms with E-state index in [4.69, 9.17) is 17.3 Å². The lowest BCUT2D eigenvalue weighted by Crippen LogP contribution is -2.52. The molecule has 4 rings (SSSR count). The average Bonchev–Trinajstić information content (AvgIpc) is 3.10. The fraction of sp³-hybridized carbons (Fsp3) is 0.310. The summed E-state index contributed by atoms with van der Waals surface area (Å²) in [5.74, 6) is -2.61. The van der Waals surface area contributed by atoms with E-state index in [9.17, 15) is 14.7 Å². The van der Waals surface area contributed by atoms with E-state index in [1.807, 2.05) is 24.3 Å². The Bertz CT molecular complexity index is 1360. The lowest BCUT2D eigenvalue weighted by atomic mass is 9.68. The van der Waals surface area contributed by atoms with Gasteiger partial charge in [0.25, 0.3) is 0 Å². The molecule has 0 bridgehead atoms. The maximum Gasteiger partial charge on any atom is 0.335 e. The van der Waals surface area contributed by atoms with Crippen LogP contribution < -0.4 is 16.4 Å². The van der Waals surface area contributed by atoms with Gasteiger partial charge in [0.2, 0.25) is 5.91 Å². The highest BCUT2D eigenvalue weighted by atomic mass is 79.9. The van der Waals surface area contributed by atoms with E-state index in [1.165, 1.54) is 30.3 Å². The zero-order valence-corrected chi connectivity index (χ0v) is 23.6. The summed E-state index contributed by atoms with van der Waals surface area (Å²) in [4.78, 5) is 25.0. The van der Waals surface area contributed by atoms with Crippen molar-refractivity contribution < 1.29 is 19.1 Å². The molecule has 9 heteroatoms. The van der Waals surface area contributed by atoms with Crippen molar-refractivity contribution in [2.75, 3.05) is 5.32 Å². The fourth-order valence-electron chi connectivity index (χ4n) is 5.29. The molecule has 38 heavy (non-hydrogen) atoms. The number of nitrogens with two attached hydrogens (primary N) is 1. The van der Waals surface area contributed by atoms with Gasteiger partial charge in [-0.25, -0.2) is 9.18 Å². The van der Waals surface area contributed by atoms with E-state index in [0.29, 0.717) is 12.1 Å². The summed E-state index contributed by atoms with van der Waals surface area (Å²) >= 11 is 9.60. The molecule has 6 nitrogen and oxygen atoms in total. The Kier molecular flexibility index (Phi) is 8.00. The Balaban J connectivity index is 1.83. The Morgan fingerprint density at radius 2 is 1.82 bits per heavy atom. The maximum absolute atomic E-state index is 15.6. The summed E-state index contributed by atoms with van der Waals surface area (Å²) in [5, 5.41) is 15.8. The molecule has 3 aromatic carbocycles. The maximum atomic E-state index is 15.6. The molecule has 1 saturated heterocycles. The average molecular weight is 603 g/mol. The molecule has 200 valence electrons. The van der Waals surface area contributed by atoms with E-state index in [2.05, 4.69) is 47.3 Å². The van der Waals surface area contributed by atoms with E-state index in [-0.39, 0.29) is 27.5 Å². The highest BCUT2D eigenvalue weighted by molar-refractivity contribution is 9.10. The summed E-state index contributed by atoms with van der Waals surface area (Å²) in [6.07, 6.45) is 0.563. The van der Waals surface area contributed by atoms with Crippen LogP contribution in [0.15, 0.2) is 71.2 Å². The summed E-state index contributed by atoms with van der Waals surface area (Å²) < 4.78 is 16.4. The standard InChI is InChI=1S/C29H30BrClFN3O3/c1-28(2,3)15-23-29(33,21-12-9-19(31)14-22(21)32)24(17-5-4-6-18(30)13-17)25(35-23)26(36)34-20-10-7-16(8-11-20)27(37)38/h4-14,23-25,35H,15,33H2,1-3H3,(H,34,36)(H,37,38)/t23-,24-,25?,29+/m0/s1. The summed E-state index contributed by atoms with van der Waals surface area (Å²) in [5.41, 5.74) is 7.37. The molecule has 0 aliphatic carbocycles. The Morgan fingerprint density at radius 3 is 2.39 bits per heavy atom. The van der Waals surface area contributed by atoms with E-state index >= 15 is 4.39 Å². The van der Waals surface area contributed by atoms with Crippen molar-refractivity contribution in [2.24, 2.45) is 11.1 Å². The second-order valence-corrected chi connectivity index (χ2v) is 12.3. The first-order chi connectivity index (χ1) is 17.8. The summed E-state index contributed by atoms with van der Waals surface area (Å²) in [7, 11) is 0. The van der Waals surface area contributed by atoms with E-state index < -0.39 is 35.3 Å². The monoisotopic (exact) mass is 601 g/mol. The molecule has 4 atom stereocenters. The van der Waals surface area contributed by atoms with Gasteiger partial charge in [0, 0.05) is 32.7 Å². The molecule has 1 aliphatic heterocycles. The van der Waals surface area contributed by atoms with Crippen LogP contribution in [0, 0.1) is 11.2 Å². The van der Waals surface area contributed by atoms with Gasteiger partial charge in [0.1, 0.15) is 5.82 Å². The second-order valence-electron chi connectivity index (χ2n) is 10.9. The molecule has 1 unspecified atom stereocenters. The number of hydrogen-bond acceptors (Lipinski definition) is 4. The number of hydrogen-bond donors (Lipinski definition) is 4. The smallest absolute Gasteiger partial charge is 0.335 e. The molecule has 0 saturated carbocycles. The SMILES string of the molecule is CC(C)(C)C[C@@H]1NC(C(=O)Nc2ccc(C(=O)O)cc2)[C@H](c2cccc(Br)c2)[C@@]1(N)c1ccc(Cl)cc1F. The van der Waals surface area contributed by atoms with Gasteiger partial charge >= 0.3 is 5.97 Å². The highest BCUT2D eigenvalue weighted by Crippen LogP contribution is 2.49. The molecule has 1 aliphatic rings. The van der Waals surface area contributed by atoms with Gasteiger partial charge in [-0.1, -0.05) is 66.5 Å². The number of anilines is 1. The number of benzene rings is 3. The molecule has 5 N–H and O–H groups in total. The van der Waals surface area contributed by atoms with Crippen molar-refractivity contribution in [1.29, 1.82) is 0 Å². The van der Waals surface area contributed by atoms with Crippen molar-refractivity contribution in [3.8, 4) is 0 Å². The van der Waals surface area contributed by atoms with Gasteiger partial charge in [-0.05, 0) is 65.9 Å². The first-order valence-electron chi connectivity index (χ1n) is 12.2. The Hall–Kier alpha value is -2.78. The third-order valence-corrected chi connectivity index (χ3v) is 7.64. The Morgan fingerprint density at radius 1 is 1.13 bits per heavy atom. The molecule has 1 amide bonds. The zero-order chi connectivity index (χ0) is 27.8. The quantitative estimate of drug-likeness (QED) is 0.265. The molecular weight excluding hydrogens is 573 g/mol. The van der Waals surface area contributed by atoms with Crippen LogP contribution in [0.1, 0.15) is 54.6 Å². The number of halogens is 3. The van der Waals surface area contributed by atoms with Crippen LogP contribution in [-0.4, -0.2) is 29.1 Å². The van der Waals surface area contributed by atoms with Crippen molar-refractivity contribution in [1.82, 2.24) is 5.32 Å². The molecule has 0 radical (unpaired) electrons. The molecule has 1 heterocycles. The first kappa shape index (κ1) is 28.2. The predicted molar refractivity (Wildman–Crippen MR) is 151 cm³/mol. The minimum absolute atomic E-state index is 0.110. The van der Waals surface area contributed by atoms with Gasteiger partial charge in [0.15, 0.2) is 0 Å². The first-order valence-corrected chi connectivity index (χ1v) is 13.4. The summed E-state index contributed by atoms with van der Waals surface area (Å²) in [6.45, 7) is 6.20. The van der Waals surface area contributed by atoms with Crippen LogP contribution >= 0.6 is 27.5 Å². The van der Waals surface area contributed by atoms with Gasteiger partial charge in [-0.15, -0.1) is 0 Å². The molecule has 0 aromatic heterocycles. The van der Waals surface area contributed by atoms with Crippen LogP contribution in [0.5, 0.6) is 0 Å². The minimum atomic E-state index is -1.31. The molecule has 0 spiro atoms. The largest absolute Gasteiger partial charge is 0.478 e. The number of carbonyl (C=O) groups is 2. The van der Waals surface area contributed by atoms with Gasteiger partial charge < -0.3 is 21.5 Å². The lowest BCUT2D eigenvalue weighted by molar-refractivity contribution is -0.118. The lowest BCUT2D eigenvalue weighted by Gasteiger charge is -2.39. The number of nitrogens with one attached hydrogen (secondary N) is 2. The number of amides is 1. The van der Waals surface area contributed by atoms with E-state index in [1.54, 1.807) is 12.1 Å². The highest BCUT2D eigenvalue weighted by Gasteiger charge is 2.57. The van der Waals surface area contributed by atoms with E-state index in [0.717, 1.165) is 10.0 Å². The fourth-order valence-corrected chi connectivity index (χ4v) is 5.87. The number of carboxylic acids is 1. The van der Waals surface area contributed by atoms with Gasteiger partial charge in [-0.3, -0.25) is 4.79 Å². The topological polar surface area (TPSA) is 104 Å². The van der Waals surface area contributed by atoms with Crippen molar-refractivity contribution in [2.45, 2.75) is 50.7 Å². The normalized spacial score (nSPS) is 23.3. The van der Waals surface area contributed by atoms with Crippen LogP contribution in [0.25, 0.3) is 0 Å². The van der Waals surface area contributed by atoms with Crippen LogP contribution in [0.3, 0.4) is 0 Å². The van der Waals surface area contributed by atoms with Crippen LogP contribution in [-0.2, 0) is 10.3 Å². The number of rotatable bonds is 6. The Labute approximate surface area is 234 Å². The number of carboxylic acid groups (broad SMARTS) is 1. The molecule has 1 fully saturated rings. The van der Waals surface area contributed by atoms with Gasteiger partial charge in [0.05, 0.1) is 17.1 Å².